The molecular weight excluding hydrogens is 472 g/mol. The molecule has 0 aliphatic rings. The second-order valence-electron chi connectivity index (χ2n) is 4.30. The van der Waals surface area contributed by atoms with Crippen LogP contribution in [0, 0.1) is 3.57 Å². The number of halogens is 4. The molecule has 0 fully saturated rings. The van der Waals surface area contributed by atoms with Crippen LogP contribution in [0.2, 0.25) is 10.0 Å². The van der Waals surface area contributed by atoms with Crippen LogP contribution in [0.4, 0.5) is 0 Å². The van der Waals surface area contributed by atoms with Crippen LogP contribution in [-0.2, 0) is 0 Å². The maximum Gasteiger partial charge on any atom is 0.0643 e. The Morgan fingerprint density at radius 3 is 2.65 bits per heavy atom. The number of hydrogen-bond acceptors (Lipinski definition) is 1. The minimum atomic E-state index is 0.0237. The molecule has 1 atom stereocenters. The summed E-state index contributed by atoms with van der Waals surface area (Å²) in [5, 5.41) is 4.67. The van der Waals surface area contributed by atoms with E-state index in [9.17, 15) is 0 Å². The smallest absolute Gasteiger partial charge is 0.0643 e. The lowest BCUT2D eigenvalue weighted by Crippen LogP contribution is -2.23. The highest BCUT2D eigenvalue weighted by atomic mass is 127. The molecule has 0 aliphatic carbocycles. The van der Waals surface area contributed by atoms with Crippen molar-refractivity contribution in [2.45, 2.75) is 13.0 Å². The first-order chi connectivity index (χ1) is 9.54. The molecule has 0 bridgehead atoms. The van der Waals surface area contributed by atoms with Gasteiger partial charge in [0, 0.05) is 8.04 Å². The standard InChI is InChI=1S/C15H13BrCl2IN/c1-2-20-15(10-4-3-5-12(17)14(10)18)11-8-9(16)6-7-13(11)19/h3-8,15,20H,2H2,1H3. The lowest BCUT2D eigenvalue weighted by Gasteiger charge is -2.22. The van der Waals surface area contributed by atoms with Crippen molar-refractivity contribution in [1.29, 1.82) is 0 Å². The van der Waals surface area contributed by atoms with Crippen molar-refractivity contribution < 1.29 is 0 Å². The predicted molar refractivity (Wildman–Crippen MR) is 98.8 cm³/mol. The Labute approximate surface area is 151 Å². The quantitative estimate of drug-likeness (QED) is 0.520. The fraction of sp³-hybridized carbons (Fsp3) is 0.200. The lowest BCUT2D eigenvalue weighted by atomic mass is 9.98. The average Bonchev–Trinajstić information content (AvgIpc) is 2.43. The maximum absolute atomic E-state index is 6.38. The van der Waals surface area contributed by atoms with E-state index in [-0.39, 0.29) is 6.04 Å². The zero-order chi connectivity index (χ0) is 14.7. The summed E-state index contributed by atoms with van der Waals surface area (Å²) in [6.45, 7) is 2.92. The zero-order valence-corrected chi connectivity index (χ0v) is 16.0. The highest BCUT2D eigenvalue weighted by molar-refractivity contribution is 14.1. The Morgan fingerprint density at radius 1 is 1.20 bits per heavy atom. The molecule has 20 heavy (non-hydrogen) atoms. The Bertz CT molecular complexity index is 617. The summed E-state index contributed by atoms with van der Waals surface area (Å²) in [5.41, 5.74) is 2.18. The molecule has 0 spiro atoms. The van der Waals surface area contributed by atoms with Crippen LogP contribution < -0.4 is 5.32 Å². The minimum Gasteiger partial charge on any atom is -0.306 e. The van der Waals surface area contributed by atoms with Crippen LogP contribution in [0.3, 0.4) is 0 Å². The van der Waals surface area contributed by atoms with E-state index in [1.54, 1.807) is 0 Å². The molecule has 5 heteroatoms. The molecule has 0 radical (unpaired) electrons. The predicted octanol–water partition coefficient (Wildman–Crippen LogP) is 6.06. The third-order valence-electron chi connectivity index (χ3n) is 2.97. The van der Waals surface area contributed by atoms with E-state index < -0.39 is 0 Å². The second-order valence-corrected chi connectivity index (χ2v) is 7.16. The Hall–Kier alpha value is 0.190. The summed E-state index contributed by atoms with van der Waals surface area (Å²) in [6, 6.07) is 12.0. The van der Waals surface area contributed by atoms with Gasteiger partial charge in [0.05, 0.1) is 16.1 Å². The Kier molecular flexibility index (Phi) is 6.17. The normalized spacial score (nSPS) is 12.4. The number of rotatable bonds is 4. The van der Waals surface area contributed by atoms with Crippen LogP contribution >= 0.6 is 61.7 Å². The third-order valence-corrected chi connectivity index (χ3v) is 5.28. The molecular formula is C15H13BrCl2IN. The van der Waals surface area contributed by atoms with Gasteiger partial charge in [-0.2, -0.15) is 0 Å². The first kappa shape index (κ1) is 16.6. The van der Waals surface area contributed by atoms with E-state index in [4.69, 9.17) is 23.2 Å². The Morgan fingerprint density at radius 2 is 1.95 bits per heavy atom. The molecule has 106 valence electrons. The monoisotopic (exact) mass is 483 g/mol. The molecule has 0 amide bonds. The van der Waals surface area contributed by atoms with Gasteiger partial charge in [0.2, 0.25) is 0 Å². The molecule has 2 rings (SSSR count). The van der Waals surface area contributed by atoms with Crippen molar-refractivity contribution in [1.82, 2.24) is 5.32 Å². The maximum atomic E-state index is 6.38. The molecule has 0 heterocycles. The van der Waals surface area contributed by atoms with E-state index in [0.29, 0.717) is 10.0 Å². The largest absolute Gasteiger partial charge is 0.306 e. The average molecular weight is 485 g/mol. The van der Waals surface area contributed by atoms with Gasteiger partial charge in [0.25, 0.3) is 0 Å². The van der Waals surface area contributed by atoms with Crippen molar-refractivity contribution in [3.05, 3.63) is 65.6 Å². The minimum absolute atomic E-state index is 0.0237. The van der Waals surface area contributed by atoms with Gasteiger partial charge < -0.3 is 5.32 Å². The van der Waals surface area contributed by atoms with Gasteiger partial charge in [-0.25, -0.2) is 0 Å². The first-order valence-corrected chi connectivity index (χ1v) is 8.79. The molecule has 0 aromatic heterocycles. The van der Waals surface area contributed by atoms with E-state index in [1.165, 1.54) is 9.13 Å². The van der Waals surface area contributed by atoms with Crippen LogP contribution in [0.5, 0.6) is 0 Å². The SMILES string of the molecule is CCNC(c1cc(Br)ccc1I)c1cccc(Cl)c1Cl. The summed E-state index contributed by atoms with van der Waals surface area (Å²) in [7, 11) is 0. The van der Waals surface area contributed by atoms with Gasteiger partial charge in [-0.05, 0) is 64.5 Å². The fourth-order valence-electron chi connectivity index (χ4n) is 2.07. The second kappa shape index (κ2) is 7.45. The van der Waals surface area contributed by atoms with Gasteiger partial charge in [-0.3, -0.25) is 0 Å². The molecule has 0 saturated carbocycles. The van der Waals surface area contributed by atoms with Crippen molar-refractivity contribution >= 4 is 61.7 Å². The fourth-order valence-corrected chi connectivity index (χ4v) is 3.51. The van der Waals surface area contributed by atoms with Crippen LogP contribution in [0.1, 0.15) is 24.1 Å². The van der Waals surface area contributed by atoms with E-state index in [1.807, 2.05) is 24.3 Å². The number of nitrogens with one attached hydrogen (secondary N) is 1. The summed E-state index contributed by atoms with van der Waals surface area (Å²) in [5.74, 6) is 0. The molecule has 1 unspecified atom stereocenters. The van der Waals surface area contributed by atoms with Crippen molar-refractivity contribution in [3.8, 4) is 0 Å². The van der Waals surface area contributed by atoms with Crippen LogP contribution in [0.15, 0.2) is 40.9 Å². The summed E-state index contributed by atoms with van der Waals surface area (Å²) in [6.07, 6.45) is 0. The van der Waals surface area contributed by atoms with Crippen LogP contribution in [-0.4, -0.2) is 6.54 Å². The Balaban J connectivity index is 2.56. The topological polar surface area (TPSA) is 12.0 Å². The van der Waals surface area contributed by atoms with Gasteiger partial charge in [-0.1, -0.05) is 58.2 Å². The summed E-state index contributed by atoms with van der Waals surface area (Å²) >= 11 is 18.4. The molecule has 2 aromatic rings. The van der Waals surface area contributed by atoms with Gasteiger partial charge >= 0.3 is 0 Å². The van der Waals surface area contributed by atoms with E-state index in [2.05, 4.69) is 62.9 Å². The van der Waals surface area contributed by atoms with Gasteiger partial charge in [0.15, 0.2) is 0 Å². The van der Waals surface area contributed by atoms with E-state index >= 15 is 0 Å². The highest BCUT2D eigenvalue weighted by Crippen LogP contribution is 2.35. The summed E-state index contributed by atoms with van der Waals surface area (Å²) in [4.78, 5) is 0. The van der Waals surface area contributed by atoms with Gasteiger partial charge in [-0.15, -0.1) is 0 Å². The van der Waals surface area contributed by atoms with Crippen molar-refractivity contribution in [3.63, 3.8) is 0 Å². The third kappa shape index (κ3) is 3.69. The molecule has 0 aliphatic heterocycles. The zero-order valence-electron chi connectivity index (χ0n) is 10.8. The highest BCUT2D eigenvalue weighted by Gasteiger charge is 2.19. The number of benzene rings is 2. The molecule has 1 nitrogen and oxygen atoms in total. The first-order valence-electron chi connectivity index (χ1n) is 6.16. The molecule has 1 N–H and O–H groups in total. The van der Waals surface area contributed by atoms with Gasteiger partial charge in [0.1, 0.15) is 0 Å². The number of hydrogen-bond donors (Lipinski definition) is 1. The lowest BCUT2D eigenvalue weighted by molar-refractivity contribution is 0.628. The summed E-state index contributed by atoms with van der Waals surface area (Å²) < 4.78 is 2.24. The van der Waals surface area contributed by atoms with Crippen molar-refractivity contribution in [2.24, 2.45) is 0 Å². The molecule has 2 aromatic carbocycles. The van der Waals surface area contributed by atoms with E-state index in [0.717, 1.165) is 16.6 Å². The van der Waals surface area contributed by atoms with Crippen LogP contribution in [0.25, 0.3) is 0 Å². The van der Waals surface area contributed by atoms with Crippen molar-refractivity contribution in [2.75, 3.05) is 6.54 Å². The molecule has 0 saturated heterocycles.